The molecule has 4 heteroatoms. The van der Waals surface area contributed by atoms with Crippen LogP contribution in [0.15, 0.2) is 24.3 Å². The molecule has 0 radical (unpaired) electrons. The number of benzene rings is 1. The standard InChI is InChI=1S/C14H20N2O2/c1-2-15-13-8-4-3-7-12(13)14(18)16-9-5-6-11(17)10-16/h3-4,7-8,11,15,17H,2,5-6,9-10H2,1H3. The molecule has 4 nitrogen and oxygen atoms in total. The molecule has 1 atom stereocenters. The molecule has 1 unspecified atom stereocenters. The van der Waals surface area contributed by atoms with E-state index in [1.807, 2.05) is 31.2 Å². The number of aliphatic hydroxyl groups excluding tert-OH is 1. The number of aliphatic hydroxyl groups is 1. The van der Waals surface area contributed by atoms with Crippen LogP contribution in [-0.2, 0) is 0 Å². The summed E-state index contributed by atoms with van der Waals surface area (Å²) < 4.78 is 0. The van der Waals surface area contributed by atoms with Crippen LogP contribution in [0.25, 0.3) is 0 Å². The molecule has 18 heavy (non-hydrogen) atoms. The van der Waals surface area contributed by atoms with Crippen molar-refractivity contribution >= 4 is 11.6 Å². The smallest absolute Gasteiger partial charge is 0.256 e. The highest BCUT2D eigenvalue weighted by atomic mass is 16.3. The number of carbonyl (C=O) groups excluding carboxylic acids is 1. The normalized spacial score (nSPS) is 19.7. The Labute approximate surface area is 108 Å². The summed E-state index contributed by atoms with van der Waals surface area (Å²) in [6.07, 6.45) is 1.28. The van der Waals surface area contributed by atoms with Crippen LogP contribution in [0.5, 0.6) is 0 Å². The Hall–Kier alpha value is -1.55. The highest BCUT2D eigenvalue weighted by Crippen LogP contribution is 2.19. The average Bonchev–Trinajstić information content (AvgIpc) is 2.39. The van der Waals surface area contributed by atoms with E-state index in [0.29, 0.717) is 12.1 Å². The number of hydrogen-bond acceptors (Lipinski definition) is 3. The Morgan fingerprint density at radius 1 is 1.50 bits per heavy atom. The lowest BCUT2D eigenvalue weighted by atomic mass is 10.1. The van der Waals surface area contributed by atoms with Gasteiger partial charge in [-0.1, -0.05) is 12.1 Å². The van der Waals surface area contributed by atoms with Gasteiger partial charge in [0.15, 0.2) is 0 Å². The first-order chi connectivity index (χ1) is 8.72. The van der Waals surface area contributed by atoms with Gasteiger partial charge in [-0.15, -0.1) is 0 Å². The molecule has 1 aliphatic rings. The molecule has 0 aromatic heterocycles. The summed E-state index contributed by atoms with van der Waals surface area (Å²) in [5.41, 5.74) is 1.55. The summed E-state index contributed by atoms with van der Waals surface area (Å²) >= 11 is 0. The molecule has 98 valence electrons. The van der Waals surface area contributed by atoms with Crippen molar-refractivity contribution in [3.05, 3.63) is 29.8 Å². The van der Waals surface area contributed by atoms with Crippen molar-refractivity contribution < 1.29 is 9.90 Å². The number of piperidine rings is 1. The van der Waals surface area contributed by atoms with Gasteiger partial charge >= 0.3 is 0 Å². The predicted octanol–water partition coefficient (Wildman–Crippen LogP) is 1.72. The van der Waals surface area contributed by atoms with Gasteiger partial charge in [-0.25, -0.2) is 0 Å². The van der Waals surface area contributed by atoms with Crippen molar-refractivity contribution in [2.24, 2.45) is 0 Å². The van der Waals surface area contributed by atoms with E-state index in [0.717, 1.165) is 31.6 Å². The molecule has 2 rings (SSSR count). The van der Waals surface area contributed by atoms with Crippen molar-refractivity contribution in [2.75, 3.05) is 25.0 Å². The zero-order valence-corrected chi connectivity index (χ0v) is 10.7. The minimum absolute atomic E-state index is 0.00491. The minimum Gasteiger partial charge on any atom is -0.391 e. The maximum absolute atomic E-state index is 12.4. The number of amides is 1. The molecule has 1 aromatic rings. The van der Waals surface area contributed by atoms with Crippen molar-refractivity contribution in [3.8, 4) is 0 Å². The van der Waals surface area contributed by atoms with E-state index in [9.17, 15) is 9.90 Å². The topological polar surface area (TPSA) is 52.6 Å². The van der Waals surface area contributed by atoms with Crippen LogP contribution >= 0.6 is 0 Å². The molecule has 2 N–H and O–H groups in total. The highest BCUT2D eigenvalue weighted by molar-refractivity contribution is 5.99. The van der Waals surface area contributed by atoms with Crippen molar-refractivity contribution in [3.63, 3.8) is 0 Å². The van der Waals surface area contributed by atoms with Crippen LogP contribution in [0, 0.1) is 0 Å². The summed E-state index contributed by atoms with van der Waals surface area (Å²) in [4.78, 5) is 14.2. The number of hydrogen-bond donors (Lipinski definition) is 2. The summed E-state index contributed by atoms with van der Waals surface area (Å²) in [7, 11) is 0. The monoisotopic (exact) mass is 248 g/mol. The number of nitrogens with zero attached hydrogens (tertiary/aromatic N) is 1. The van der Waals surface area contributed by atoms with E-state index < -0.39 is 0 Å². The number of para-hydroxylation sites is 1. The van der Waals surface area contributed by atoms with Crippen molar-refractivity contribution in [1.82, 2.24) is 4.90 Å². The molecule has 1 heterocycles. The molecule has 0 bridgehead atoms. The summed E-state index contributed by atoms with van der Waals surface area (Å²) in [6.45, 7) is 3.97. The third kappa shape index (κ3) is 2.82. The zero-order valence-electron chi connectivity index (χ0n) is 10.7. The third-order valence-corrected chi connectivity index (χ3v) is 3.21. The lowest BCUT2D eigenvalue weighted by Crippen LogP contribution is -2.42. The Morgan fingerprint density at radius 3 is 3.00 bits per heavy atom. The predicted molar refractivity (Wildman–Crippen MR) is 71.8 cm³/mol. The van der Waals surface area contributed by atoms with Crippen LogP contribution in [0.3, 0.4) is 0 Å². The van der Waals surface area contributed by atoms with Crippen LogP contribution in [0.4, 0.5) is 5.69 Å². The first kappa shape index (κ1) is 12.9. The molecule has 1 saturated heterocycles. The summed E-state index contributed by atoms with van der Waals surface area (Å²) in [5.74, 6) is 0.00491. The SMILES string of the molecule is CCNc1ccccc1C(=O)N1CCCC(O)C1. The second-order valence-electron chi connectivity index (χ2n) is 4.62. The molecule has 1 amide bonds. The fourth-order valence-electron chi connectivity index (χ4n) is 2.32. The number of nitrogens with one attached hydrogen (secondary N) is 1. The van der Waals surface area contributed by atoms with Gasteiger partial charge in [0, 0.05) is 25.3 Å². The summed E-state index contributed by atoms with van der Waals surface area (Å²) in [5, 5.41) is 12.8. The highest BCUT2D eigenvalue weighted by Gasteiger charge is 2.24. The number of likely N-dealkylation sites (tertiary alicyclic amines) is 1. The zero-order chi connectivity index (χ0) is 13.0. The number of β-amino-alcohol motifs (C(OH)–C–C–N with tert-alkyl or cyclic N) is 1. The van der Waals surface area contributed by atoms with Gasteiger partial charge in [0.25, 0.3) is 5.91 Å². The Bertz CT molecular complexity index is 420. The minimum atomic E-state index is -0.381. The van der Waals surface area contributed by atoms with Gasteiger partial charge in [-0.3, -0.25) is 4.79 Å². The number of rotatable bonds is 3. The van der Waals surface area contributed by atoms with E-state index in [4.69, 9.17) is 0 Å². The first-order valence-corrected chi connectivity index (χ1v) is 6.52. The average molecular weight is 248 g/mol. The Balaban J connectivity index is 2.17. The van der Waals surface area contributed by atoms with E-state index in [1.54, 1.807) is 4.90 Å². The molecule has 0 aliphatic carbocycles. The molecule has 1 aliphatic heterocycles. The second-order valence-corrected chi connectivity index (χ2v) is 4.62. The fourth-order valence-corrected chi connectivity index (χ4v) is 2.32. The third-order valence-electron chi connectivity index (χ3n) is 3.21. The first-order valence-electron chi connectivity index (χ1n) is 6.52. The van der Waals surface area contributed by atoms with Crippen LogP contribution in [0.2, 0.25) is 0 Å². The van der Waals surface area contributed by atoms with Gasteiger partial charge < -0.3 is 15.3 Å². The maximum Gasteiger partial charge on any atom is 0.256 e. The molecule has 1 aromatic carbocycles. The Morgan fingerprint density at radius 2 is 2.28 bits per heavy atom. The van der Waals surface area contributed by atoms with Gasteiger partial charge in [0.1, 0.15) is 0 Å². The van der Waals surface area contributed by atoms with Gasteiger partial charge in [-0.2, -0.15) is 0 Å². The van der Waals surface area contributed by atoms with E-state index in [2.05, 4.69) is 5.32 Å². The van der Waals surface area contributed by atoms with Gasteiger partial charge in [0.05, 0.1) is 11.7 Å². The lowest BCUT2D eigenvalue weighted by molar-refractivity contribution is 0.0474. The second kappa shape index (κ2) is 5.87. The Kier molecular flexibility index (Phi) is 4.20. The van der Waals surface area contributed by atoms with Crippen molar-refractivity contribution in [1.29, 1.82) is 0 Å². The van der Waals surface area contributed by atoms with E-state index in [-0.39, 0.29) is 12.0 Å². The lowest BCUT2D eigenvalue weighted by Gasteiger charge is -2.30. The van der Waals surface area contributed by atoms with Crippen LogP contribution in [0.1, 0.15) is 30.1 Å². The largest absolute Gasteiger partial charge is 0.391 e. The van der Waals surface area contributed by atoms with Gasteiger partial charge in [-0.05, 0) is 31.9 Å². The summed E-state index contributed by atoms with van der Waals surface area (Å²) in [6, 6.07) is 7.53. The number of carbonyl (C=O) groups is 1. The van der Waals surface area contributed by atoms with E-state index in [1.165, 1.54) is 0 Å². The van der Waals surface area contributed by atoms with Gasteiger partial charge in [0.2, 0.25) is 0 Å². The molecule has 1 fully saturated rings. The molecular formula is C14H20N2O2. The maximum atomic E-state index is 12.4. The van der Waals surface area contributed by atoms with E-state index >= 15 is 0 Å². The van der Waals surface area contributed by atoms with Crippen molar-refractivity contribution in [2.45, 2.75) is 25.9 Å². The number of anilines is 1. The van der Waals surface area contributed by atoms with Crippen LogP contribution in [-0.4, -0.2) is 41.7 Å². The fraction of sp³-hybridized carbons (Fsp3) is 0.500. The molecule has 0 saturated carbocycles. The molecule has 0 spiro atoms. The van der Waals surface area contributed by atoms with Crippen LogP contribution < -0.4 is 5.32 Å². The molecular weight excluding hydrogens is 228 g/mol. The quantitative estimate of drug-likeness (QED) is 0.856.